The van der Waals surface area contributed by atoms with Crippen molar-refractivity contribution in [3.05, 3.63) is 11.3 Å². The molecule has 0 aromatic carbocycles. The molecule has 1 aliphatic carbocycles. The number of carboxylic acid groups (broad SMARTS) is 1. The molecule has 0 atom stereocenters. The van der Waals surface area contributed by atoms with E-state index >= 15 is 0 Å². The van der Waals surface area contributed by atoms with Crippen LogP contribution >= 0.6 is 0 Å². The molecule has 5 nitrogen and oxygen atoms in total. The molecule has 118 valence electrons. The summed E-state index contributed by atoms with van der Waals surface area (Å²) < 4.78 is 0. The lowest BCUT2D eigenvalue weighted by Crippen LogP contribution is -2.30. The third-order valence-electron chi connectivity index (χ3n) is 3.37. The summed E-state index contributed by atoms with van der Waals surface area (Å²) in [7, 11) is 0. The first-order valence-corrected chi connectivity index (χ1v) is 7.33. The number of aliphatic imine (C=N–C) groups is 1. The van der Waals surface area contributed by atoms with Gasteiger partial charge in [0.2, 0.25) is 0 Å². The molecular formula is C16H25NO4. The summed E-state index contributed by atoms with van der Waals surface area (Å²) in [5, 5.41) is 18.9. The van der Waals surface area contributed by atoms with E-state index in [4.69, 9.17) is 5.11 Å². The average molecular weight is 295 g/mol. The van der Waals surface area contributed by atoms with E-state index in [0.29, 0.717) is 30.5 Å². The molecule has 0 heterocycles. The van der Waals surface area contributed by atoms with Crippen molar-refractivity contribution in [2.45, 2.75) is 53.4 Å². The Labute approximate surface area is 125 Å². The van der Waals surface area contributed by atoms with Crippen LogP contribution in [0.25, 0.3) is 0 Å². The first kappa shape index (κ1) is 17.4. The van der Waals surface area contributed by atoms with Gasteiger partial charge in [0, 0.05) is 25.1 Å². The normalized spacial score (nSPS) is 19.3. The molecule has 0 saturated heterocycles. The van der Waals surface area contributed by atoms with Gasteiger partial charge in [-0.15, -0.1) is 0 Å². The van der Waals surface area contributed by atoms with Crippen molar-refractivity contribution in [1.29, 1.82) is 0 Å². The van der Waals surface area contributed by atoms with Gasteiger partial charge in [-0.25, -0.2) is 0 Å². The van der Waals surface area contributed by atoms with Crippen LogP contribution in [-0.4, -0.2) is 34.2 Å². The number of nitrogens with zero attached hydrogens (tertiary/aromatic N) is 1. The minimum atomic E-state index is -0.919. The lowest BCUT2D eigenvalue weighted by atomic mass is 9.75. The molecule has 0 fully saturated rings. The molecule has 5 heteroatoms. The summed E-state index contributed by atoms with van der Waals surface area (Å²) in [6, 6.07) is 0. The van der Waals surface area contributed by atoms with Gasteiger partial charge >= 0.3 is 5.97 Å². The van der Waals surface area contributed by atoms with E-state index in [9.17, 15) is 14.7 Å². The average Bonchev–Trinajstić information content (AvgIpc) is 2.24. The van der Waals surface area contributed by atoms with Crippen LogP contribution in [0.4, 0.5) is 0 Å². The fraction of sp³-hybridized carbons (Fsp3) is 0.688. The van der Waals surface area contributed by atoms with Crippen LogP contribution in [0, 0.1) is 11.3 Å². The van der Waals surface area contributed by atoms with E-state index < -0.39 is 5.97 Å². The number of aliphatic hydroxyl groups excluding tert-OH is 1. The van der Waals surface area contributed by atoms with Crippen molar-refractivity contribution in [3.63, 3.8) is 0 Å². The zero-order chi connectivity index (χ0) is 16.2. The first-order valence-electron chi connectivity index (χ1n) is 7.33. The Bertz CT molecular complexity index is 487. The molecule has 21 heavy (non-hydrogen) atoms. The largest absolute Gasteiger partial charge is 0.511 e. The van der Waals surface area contributed by atoms with Gasteiger partial charge in [-0.05, 0) is 17.8 Å². The third-order valence-corrected chi connectivity index (χ3v) is 3.37. The predicted octanol–water partition coefficient (Wildman–Crippen LogP) is 3.15. The van der Waals surface area contributed by atoms with Gasteiger partial charge in [0.1, 0.15) is 5.76 Å². The summed E-state index contributed by atoms with van der Waals surface area (Å²) in [4.78, 5) is 27.2. The Kier molecular flexibility index (Phi) is 5.70. The van der Waals surface area contributed by atoms with Crippen molar-refractivity contribution in [2.75, 3.05) is 6.54 Å². The molecule has 0 aliphatic heterocycles. The van der Waals surface area contributed by atoms with Crippen LogP contribution in [0.15, 0.2) is 16.3 Å². The monoisotopic (exact) mass is 295 g/mol. The molecule has 0 unspecified atom stereocenters. The second-order valence-electron chi connectivity index (χ2n) is 6.83. The highest BCUT2D eigenvalue weighted by molar-refractivity contribution is 6.23. The van der Waals surface area contributed by atoms with E-state index in [0.717, 1.165) is 0 Å². The van der Waals surface area contributed by atoms with E-state index in [-0.39, 0.29) is 35.8 Å². The predicted molar refractivity (Wildman–Crippen MR) is 81.7 cm³/mol. The van der Waals surface area contributed by atoms with Gasteiger partial charge in [-0.1, -0.05) is 27.7 Å². The van der Waals surface area contributed by atoms with Crippen molar-refractivity contribution < 1.29 is 19.8 Å². The Hall–Kier alpha value is -1.65. The maximum absolute atomic E-state index is 12.3. The first-order chi connectivity index (χ1) is 9.62. The second kappa shape index (κ2) is 6.87. The molecule has 1 rings (SSSR count). The number of hydrogen-bond donors (Lipinski definition) is 2. The van der Waals surface area contributed by atoms with Gasteiger partial charge in [-0.2, -0.15) is 0 Å². The number of allylic oxidation sites excluding steroid dienone is 2. The standard InChI is InChI=1S/C16H25NO4/c1-10(2)7-11(17-6-5-14(20)21)15-12(18)8-16(3,4)9-13(15)19/h10,18H,5-9H2,1-4H3,(H,20,21). The molecule has 0 radical (unpaired) electrons. The summed E-state index contributed by atoms with van der Waals surface area (Å²) in [6.45, 7) is 8.02. The number of ketones is 1. The zero-order valence-corrected chi connectivity index (χ0v) is 13.3. The van der Waals surface area contributed by atoms with Crippen LogP contribution in [0.3, 0.4) is 0 Å². The molecule has 0 saturated carbocycles. The second-order valence-corrected chi connectivity index (χ2v) is 6.83. The minimum Gasteiger partial charge on any atom is -0.511 e. The van der Waals surface area contributed by atoms with Gasteiger partial charge in [0.05, 0.1) is 12.0 Å². The number of Topliss-reactive ketones (excluding diaryl/α,β-unsaturated/α-hetero) is 1. The smallest absolute Gasteiger partial charge is 0.305 e. The molecule has 0 bridgehead atoms. The van der Waals surface area contributed by atoms with Gasteiger partial charge < -0.3 is 10.2 Å². The fourth-order valence-corrected chi connectivity index (χ4v) is 2.53. The molecule has 0 aromatic heterocycles. The van der Waals surface area contributed by atoms with Crippen molar-refractivity contribution >= 4 is 17.5 Å². The number of carbonyl (C=O) groups excluding carboxylic acids is 1. The SMILES string of the molecule is CC(C)CC(=NCCC(=O)O)C1=C(O)CC(C)(C)CC1=O. The number of aliphatic carboxylic acids is 1. The van der Waals surface area contributed by atoms with Crippen LogP contribution in [0.2, 0.25) is 0 Å². The number of aliphatic hydroxyl groups is 1. The summed E-state index contributed by atoms with van der Waals surface area (Å²) in [6.07, 6.45) is 1.31. The number of carboxylic acids is 1. The molecule has 2 N–H and O–H groups in total. The molecule has 0 amide bonds. The van der Waals surface area contributed by atoms with Gasteiger partial charge in [0.25, 0.3) is 0 Å². The quantitative estimate of drug-likeness (QED) is 0.737. The topological polar surface area (TPSA) is 87.0 Å². The maximum Gasteiger partial charge on any atom is 0.305 e. The summed E-state index contributed by atoms with van der Waals surface area (Å²) in [5.74, 6) is -0.655. The van der Waals surface area contributed by atoms with Gasteiger partial charge in [0.15, 0.2) is 5.78 Å². The fourth-order valence-electron chi connectivity index (χ4n) is 2.53. The number of rotatable bonds is 6. The summed E-state index contributed by atoms with van der Waals surface area (Å²) in [5.41, 5.74) is 0.618. The van der Waals surface area contributed by atoms with Crippen LogP contribution in [0.5, 0.6) is 0 Å². The van der Waals surface area contributed by atoms with Crippen molar-refractivity contribution in [1.82, 2.24) is 0 Å². The van der Waals surface area contributed by atoms with Crippen LogP contribution in [0.1, 0.15) is 53.4 Å². The Morgan fingerprint density at radius 2 is 1.95 bits per heavy atom. The molecule has 0 spiro atoms. The number of carbonyl (C=O) groups is 2. The third kappa shape index (κ3) is 5.33. The Morgan fingerprint density at radius 1 is 1.33 bits per heavy atom. The van der Waals surface area contributed by atoms with Gasteiger partial charge in [-0.3, -0.25) is 14.6 Å². The maximum atomic E-state index is 12.3. The van der Waals surface area contributed by atoms with Crippen LogP contribution in [-0.2, 0) is 9.59 Å². The zero-order valence-electron chi connectivity index (χ0n) is 13.3. The highest BCUT2D eigenvalue weighted by Crippen LogP contribution is 2.36. The Balaban J connectivity index is 3.07. The van der Waals surface area contributed by atoms with Crippen molar-refractivity contribution in [2.24, 2.45) is 16.3 Å². The minimum absolute atomic E-state index is 0.0741. The Morgan fingerprint density at radius 3 is 2.43 bits per heavy atom. The highest BCUT2D eigenvalue weighted by Gasteiger charge is 2.35. The van der Waals surface area contributed by atoms with E-state index in [1.165, 1.54) is 0 Å². The van der Waals surface area contributed by atoms with E-state index in [2.05, 4.69) is 4.99 Å². The molecule has 0 aromatic rings. The van der Waals surface area contributed by atoms with Crippen LogP contribution < -0.4 is 0 Å². The highest BCUT2D eigenvalue weighted by atomic mass is 16.4. The van der Waals surface area contributed by atoms with E-state index in [1.54, 1.807) is 0 Å². The van der Waals surface area contributed by atoms with E-state index in [1.807, 2.05) is 27.7 Å². The summed E-state index contributed by atoms with van der Waals surface area (Å²) >= 11 is 0. The lowest BCUT2D eigenvalue weighted by molar-refractivity contribution is -0.136. The molecular weight excluding hydrogens is 270 g/mol. The number of hydrogen-bond acceptors (Lipinski definition) is 4. The molecule has 1 aliphatic rings. The van der Waals surface area contributed by atoms with Crippen molar-refractivity contribution in [3.8, 4) is 0 Å². The lowest BCUT2D eigenvalue weighted by Gasteiger charge is -2.30.